The number of para-hydroxylation sites is 1. The van der Waals surface area contributed by atoms with Gasteiger partial charge in [0.25, 0.3) is 5.91 Å². The SMILES string of the molecule is O=C(C=Cc1cn(Cc2ccccc2)c2ccccc12)N1C(=O)OCC1c1ccccc1. The summed E-state index contributed by atoms with van der Waals surface area (Å²) in [6.45, 7) is 0.899. The molecule has 0 radical (unpaired) electrons. The molecule has 5 rings (SSSR count). The van der Waals surface area contributed by atoms with Gasteiger partial charge < -0.3 is 9.30 Å². The van der Waals surface area contributed by atoms with Crippen LogP contribution in [-0.2, 0) is 16.1 Å². The fourth-order valence-corrected chi connectivity index (χ4v) is 4.15. The third kappa shape index (κ3) is 3.81. The molecule has 1 saturated heterocycles. The van der Waals surface area contributed by atoms with Crippen molar-refractivity contribution in [1.29, 1.82) is 0 Å². The lowest BCUT2D eigenvalue weighted by molar-refractivity contribution is -0.124. The second kappa shape index (κ2) is 8.55. The van der Waals surface area contributed by atoms with Gasteiger partial charge in [-0.1, -0.05) is 78.9 Å². The van der Waals surface area contributed by atoms with Crippen molar-refractivity contribution in [3.05, 3.63) is 114 Å². The number of amides is 2. The van der Waals surface area contributed by atoms with Crippen molar-refractivity contribution in [2.24, 2.45) is 0 Å². The molecule has 3 aromatic carbocycles. The highest BCUT2D eigenvalue weighted by molar-refractivity contribution is 6.03. The van der Waals surface area contributed by atoms with E-state index in [2.05, 4.69) is 22.8 Å². The number of aromatic nitrogens is 1. The molecule has 5 heteroatoms. The lowest BCUT2D eigenvalue weighted by Gasteiger charge is -2.18. The summed E-state index contributed by atoms with van der Waals surface area (Å²) in [5, 5.41) is 1.05. The molecule has 0 aliphatic carbocycles. The fourth-order valence-electron chi connectivity index (χ4n) is 4.15. The van der Waals surface area contributed by atoms with Gasteiger partial charge in [-0.15, -0.1) is 0 Å². The first kappa shape index (κ1) is 19.8. The Morgan fingerprint density at radius 3 is 2.41 bits per heavy atom. The van der Waals surface area contributed by atoms with Crippen molar-refractivity contribution in [3.8, 4) is 0 Å². The molecule has 4 aromatic rings. The molecule has 1 aromatic heterocycles. The van der Waals surface area contributed by atoms with E-state index >= 15 is 0 Å². The van der Waals surface area contributed by atoms with Gasteiger partial charge in [0, 0.05) is 35.3 Å². The van der Waals surface area contributed by atoms with Gasteiger partial charge in [0.15, 0.2) is 0 Å². The van der Waals surface area contributed by atoms with Gasteiger partial charge in [0.05, 0.1) is 0 Å². The molecular weight excluding hydrogens is 400 g/mol. The van der Waals surface area contributed by atoms with Crippen LogP contribution in [0.1, 0.15) is 22.7 Å². The number of ether oxygens (including phenoxy) is 1. The van der Waals surface area contributed by atoms with Gasteiger partial charge >= 0.3 is 6.09 Å². The van der Waals surface area contributed by atoms with Crippen LogP contribution in [0.25, 0.3) is 17.0 Å². The number of imide groups is 1. The van der Waals surface area contributed by atoms with Gasteiger partial charge in [-0.3, -0.25) is 4.79 Å². The number of fused-ring (bicyclic) bond motifs is 1. The summed E-state index contributed by atoms with van der Waals surface area (Å²) in [6, 6.07) is 27.4. The molecule has 0 bridgehead atoms. The van der Waals surface area contributed by atoms with E-state index in [1.54, 1.807) is 6.08 Å². The molecule has 1 fully saturated rings. The first-order valence-corrected chi connectivity index (χ1v) is 10.6. The van der Waals surface area contributed by atoms with Crippen LogP contribution in [0.2, 0.25) is 0 Å². The molecule has 32 heavy (non-hydrogen) atoms. The number of nitrogens with zero attached hydrogens (tertiary/aromatic N) is 2. The molecule has 1 aliphatic rings. The van der Waals surface area contributed by atoms with Crippen molar-refractivity contribution >= 4 is 29.0 Å². The van der Waals surface area contributed by atoms with Gasteiger partial charge in [0.2, 0.25) is 0 Å². The van der Waals surface area contributed by atoms with Crippen LogP contribution in [0.15, 0.2) is 97.2 Å². The standard InChI is InChI=1S/C27H22N2O3/c30-26(29-25(19-32-27(29)31)21-11-5-2-6-12-21)16-15-22-18-28(17-20-9-3-1-4-10-20)24-14-8-7-13-23(22)24/h1-16,18,25H,17,19H2. The molecule has 0 N–H and O–H groups in total. The van der Waals surface area contributed by atoms with Crippen LogP contribution in [0.5, 0.6) is 0 Å². The summed E-state index contributed by atoms with van der Waals surface area (Å²) in [7, 11) is 0. The van der Waals surface area contributed by atoms with E-state index in [0.717, 1.165) is 28.6 Å². The number of rotatable bonds is 5. The van der Waals surface area contributed by atoms with E-state index in [-0.39, 0.29) is 12.5 Å². The van der Waals surface area contributed by atoms with Crippen LogP contribution >= 0.6 is 0 Å². The molecule has 2 amide bonds. The summed E-state index contributed by atoms with van der Waals surface area (Å²) in [4.78, 5) is 26.4. The predicted octanol–water partition coefficient (Wildman–Crippen LogP) is 5.42. The first-order chi connectivity index (χ1) is 15.7. The van der Waals surface area contributed by atoms with E-state index < -0.39 is 12.1 Å². The minimum absolute atomic E-state index is 0.165. The smallest absolute Gasteiger partial charge is 0.417 e. The van der Waals surface area contributed by atoms with Crippen LogP contribution in [0.4, 0.5) is 4.79 Å². The molecule has 1 aliphatic heterocycles. The number of carbonyl (C=O) groups excluding carboxylic acids is 2. The second-order valence-corrected chi connectivity index (χ2v) is 7.76. The monoisotopic (exact) mass is 422 g/mol. The molecule has 5 nitrogen and oxygen atoms in total. The highest BCUT2D eigenvalue weighted by atomic mass is 16.6. The topological polar surface area (TPSA) is 51.5 Å². The molecule has 1 unspecified atom stereocenters. The number of carbonyl (C=O) groups is 2. The average molecular weight is 422 g/mol. The second-order valence-electron chi connectivity index (χ2n) is 7.76. The molecular formula is C27H22N2O3. The van der Waals surface area contributed by atoms with E-state index in [9.17, 15) is 9.59 Å². The number of hydrogen-bond acceptors (Lipinski definition) is 3. The molecule has 0 saturated carbocycles. The van der Waals surface area contributed by atoms with Gasteiger partial charge in [-0.05, 0) is 23.3 Å². The maximum Gasteiger partial charge on any atom is 0.417 e. The summed E-state index contributed by atoms with van der Waals surface area (Å²) in [5.74, 6) is -0.388. The van der Waals surface area contributed by atoms with Crippen molar-refractivity contribution in [2.75, 3.05) is 6.61 Å². The van der Waals surface area contributed by atoms with E-state index in [1.807, 2.05) is 72.9 Å². The highest BCUT2D eigenvalue weighted by Gasteiger charge is 2.37. The summed E-state index contributed by atoms with van der Waals surface area (Å²) < 4.78 is 7.35. The zero-order valence-electron chi connectivity index (χ0n) is 17.4. The Balaban J connectivity index is 1.43. The van der Waals surface area contributed by atoms with E-state index in [1.165, 1.54) is 16.5 Å². The third-order valence-electron chi connectivity index (χ3n) is 5.72. The number of benzene rings is 3. The maximum atomic E-state index is 13.0. The van der Waals surface area contributed by atoms with Crippen molar-refractivity contribution in [2.45, 2.75) is 12.6 Å². The van der Waals surface area contributed by atoms with Gasteiger partial charge in [-0.2, -0.15) is 0 Å². The Labute approximate surface area is 186 Å². The summed E-state index contributed by atoms with van der Waals surface area (Å²) >= 11 is 0. The molecule has 0 spiro atoms. The Morgan fingerprint density at radius 1 is 0.938 bits per heavy atom. The minimum Gasteiger partial charge on any atom is -0.446 e. The molecule has 158 valence electrons. The first-order valence-electron chi connectivity index (χ1n) is 10.6. The van der Waals surface area contributed by atoms with Crippen LogP contribution in [0.3, 0.4) is 0 Å². The fraction of sp³-hybridized carbons (Fsp3) is 0.111. The maximum absolute atomic E-state index is 13.0. The lowest BCUT2D eigenvalue weighted by atomic mass is 10.1. The Kier molecular flexibility index (Phi) is 5.30. The summed E-state index contributed by atoms with van der Waals surface area (Å²) in [5.41, 5.74) is 4.09. The van der Waals surface area contributed by atoms with Gasteiger partial charge in [-0.25, -0.2) is 9.69 Å². The van der Waals surface area contributed by atoms with E-state index in [0.29, 0.717) is 0 Å². The van der Waals surface area contributed by atoms with Crippen LogP contribution in [0, 0.1) is 0 Å². The Bertz CT molecular complexity index is 1290. The summed E-state index contributed by atoms with van der Waals surface area (Å²) in [6.07, 6.45) is 4.66. The average Bonchev–Trinajstić information content (AvgIpc) is 3.39. The van der Waals surface area contributed by atoms with Crippen molar-refractivity contribution in [1.82, 2.24) is 9.47 Å². The largest absolute Gasteiger partial charge is 0.446 e. The minimum atomic E-state index is -0.611. The van der Waals surface area contributed by atoms with Crippen molar-refractivity contribution < 1.29 is 14.3 Å². The quantitative estimate of drug-likeness (QED) is 0.404. The molecule has 2 heterocycles. The predicted molar refractivity (Wildman–Crippen MR) is 124 cm³/mol. The number of hydrogen-bond donors (Lipinski definition) is 0. The number of cyclic esters (lactones) is 1. The van der Waals surface area contributed by atoms with Crippen LogP contribution < -0.4 is 0 Å². The Morgan fingerprint density at radius 2 is 1.62 bits per heavy atom. The third-order valence-corrected chi connectivity index (χ3v) is 5.72. The Hall–Kier alpha value is -4.12. The zero-order chi connectivity index (χ0) is 21.9. The lowest BCUT2D eigenvalue weighted by Crippen LogP contribution is -2.32. The van der Waals surface area contributed by atoms with Crippen molar-refractivity contribution in [3.63, 3.8) is 0 Å². The molecule has 1 atom stereocenters. The normalized spacial score (nSPS) is 16.1. The highest BCUT2D eigenvalue weighted by Crippen LogP contribution is 2.29. The van der Waals surface area contributed by atoms with Crippen LogP contribution in [-0.4, -0.2) is 28.1 Å². The zero-order valence-corrected chi connectivity index (χ0v) is 17.4. The van der Waals surface area contributed by atoms with E-state index in [4.69, 9.17) is 4.74 Å². The van der Waals surface area contributed by atoms with Gasteiger partial charge in [0.1, 0.15) is 12.6 Å².